The van der Waals surface area contributed by atoms with Gasteiger partial charge in [-0.05, 0) is 19.8 Å². The molecule has 0 spiro atoms. The largest absolute Gasteiger partial charge is 0.481 e. The third kappa shape index (κ3) is 1.38. The van der Waals surface area contributed by atoms with Gasteiger partial charge in [0.25, 0.3) is 0 Å². The lowest BCUT2D eigenvalue weighted by Crippen LogP contribution is -2.47. The van der Waals surface area contributed by atoms with E-state index in [0.29, 0.717) is 0 Å². The normalized spacial score (nSPS) is 38.5. The van der Waals surface area contributed by atoms with E-state index in [9.17, 15) is 4.79 Å². The topological polar surface area (TPSA) is 63.3 Å². The van der Waals surface area contributed by atoms with Crippen molar-refractivity contribution < 1.29 is 9.90 Å². The summed E-state index contributed by atoms with van der Waals surface area (Å²) < 4.78 is 0. The summed E-state index contributed by atoms with van der Waals surface area (Å²) in [6, 6.07) is -0.159. The van der Waals surface area contributed by atoms with Crippen molar-refractivity contribution in [2.75, 3.05) is 0 Å². The molecule has 0 radical (unpaired) electrons. The van der Waals surface area contributed by atoms with Gasteiger partial charge in [0.1, 0.15) is 0 Å². The Labute approximate surface area is 66.6 Å². The molecule has 1 aliphatic carbocycles. The summed E-state index contributed by atoms with van der Waals surface area (Å²) >= 11 is 0. The van der Waals surface area contributed by atoms with Crippen molar-refractivity contribution in [3.05, 3.63) is 0 Å². The molecule has 0 saturated heterocycles. The van der Waals surface area contributed by atoms with Gasteiger partial charge in [0.2, 0.25) is 0 Å². The van der Waals surface area contributed by atoms with E-state index in [0.717, 1.165) is 25.7 Å². The Kier molecular flexibility index (Phi) is 2.18. The van der Waals surface area contributed by atoms with Gasteiger partial charge in [-0.3, -0.25) is 4.79 Å². The van der Waals surface area contributed by atoms with E-state index in [4.69, 9.17) is 10.8 Å². The predicted molar refractivity (Wildman–Crippen MR) is 42.2 cm³/mol. The molecule has 1 saturated carbocycles. The Morgan fingerprint density at radius 1 is 1.64 bits per heavy atom. The Morgan fingerprint density at radius 3 is 2.64 bits per heavy atom. The summed E-state index contributed by atoms with van der Waals surface area (Å²) in [4.78, 5) is 10.8. The maximum Gasteiger partial charge on any atom is 0.310 e. The molecule has 0 aromatic carbocycles. The van der Waals surface area contributed by atoms with Crippen LogP contribution in [-0.4, -0.2) is 17.1 Å². The van der Waals surface area contributed by atoms with Gasteiger partial charge in [0.15, 0.2) is 0 Å². The Morgan fingerprint density at radius 2 is 2.27 bits per heavy atom. The third-order valence-corrected chi connectivity index (χ3v) is 2.77. The van der Waals surface area contributed by atoms with Crippen molar-refractivity contribution in [3.8, 4) is 0 Å². The minimum Gasteiger partial charge on any atom is -0.481 e. The fourth-order valence-electron chi connectivity index (χ4n) is 1.63. The Bertz CT molecular complexity index is 169. The van der Waals surface area contributed by atoms with Crippen molar-refractivity contribution >= 4 is 5.97 Å². The van der Waals surface area contributed by atoms with Crippen molar-refractivity contribution in [3.63, 3.8) is 0 Å². The maximum absolute atomic E-state index is 10.8. The molecular weight excluding hydrogens is 142 g/mol. The van der Waals surface area contributed by atoms with Crippen LogP contribution >= 0.6 is 0 Å². The summed E-state index contributed by atoms with van der Waals surface area (Å²) in [6.07, 6.45) is 3.65. The fourth-order valence-corrected chi connectivity index (χ4v) is 1.63. The van der Waals surface area contributed by atoms with Crippen LogP contribution in [0.1, 0.15) is 32.6 Å². The zero-order valence-corrected chi connectivity index (χ0v) is 6.84. The van der Waals surface area contributed by atoms with Crippen LogP contribution in [0, 0.1) is 5.41 Å². The first kappa shape index (κ1) is 8.53. The summed E-state index contributed by atoms with van der Waals surface area (Å²) in [5.41, 5.74) is 5.06. The molecule has 0 aliphatic heterocycles. The molecule has 2 atom stereocenters. The van der Waals surface area contributed by atoms with Crippen LogP contribution in [0.4, 0.5) is 0 Å². The Hall–Kier alpha value is -0.570. The maximum atomic E-state index is 10.8. The SMILES string of the molecule is CC1(C(=O)O)CCCC[C@@H]1N. The van der Waals surface area contributed by atoms with Crippen LogP contribution in [0.15, 0.2) is 0 Å². The molecule has 1 aliphatic rings. The summed E-state index contributed by atoms with van der Waals surface area (Å²) in [5.74, 6) is -0.746. The van der Waals surface area contributed by atoms with E-state index >= 15 is 0 Å². The number of nitrogens with two attached hydrogens (primary N) is 1. The fraction of sp³-hybridized carbons (Fsp3) is 0.875. The first-order chi connectivity index (χ1) is 5.07. The number of aliphatic carboxylic acids is 1. The monoisotopic (exact) mass is 157 g/mol. The second-order valence-corrected chi connectivity index (χ2v) is 3.57. The molecule has 11 heavy (non-hydrogen) atoms. The van der Waals surface area contributed by atoms with E-state index in [1.54, 1.807) is 6.92 Å². The molecule has 1 rings (SSSR count). The second-order valence-electron chi connectivity index (χ2n) is 3.57. The van der Waals surface area contributed by atoms with Crippen molar-refractivity contribution in [1.29, 1.82) is 0 Å². The van der Waals surface area contributed by atoms with Crippen molar-refractivity contribution in [2.45, 2.75) is 38.6 Å². The molecule has 0 bridgehead atoms. The second kappa shape index (κ2) is 2.81. The highest BCUT2D eigenvalue weighted by Crippen LogP contribution is 2.34. The van der Waals surface area contributed by atoms with Crippen LogP contribution in [0.3, 0.4) is 0 Å². The van der Waals surface area contributed by atoms with Crippen LogP contribution in [0.25, 0.3) is 0 Å². The van der Waals surface area contributed by atoms with Gasteiger partial charge in [-0.25, -0.2) is 0 Å². The number of carboxylic acids is 1. The van der Waals surface area contributed by atoms with Crippen LogP contribution in [0.2, 0.25) is 0 Å². The first-order valence-corrected chi connectivity index (χ1v) is 4.06. The standard InChI is InChI=1S/C8H15NO2/c1-8(7(10)11)5-3-2-4-6(8)9/h6H,2-5,9H2,1H3,(H,10,11)/t6-,8?/m0/s1. The zero-order chi connectivity index (χ0) is 8.48. The van der Waals surface area contributed by atoms with Crippen LogP contribution in [0.5, 0.6) is 0 Å². The van der Waals surface area contributed by atoms with Crippen molar-refractivity contribution in [1.82, 2.24) is 0 Å². The molecular formula is C8H15NO2. The highest BCUT2D eigenvalue weighted by Gasteiger charge is 2.40. The average molecular weight is 157 g/mol. The minimum atomic E-state index is -0.746. The number of carboxylic acid groups (broad SMARTS) is 1. The summed E-state index contributed by atoms with van der Waals surface area (Å²) in [5, 5.41) is 8.89. The van der Waals surface area contributed by atoms with E-state index < -0.39 is 11.4 Å². The van der Waals surface area contributed by atoms with Gasteiger partial charge in [-0.2, -0.15) is 0 Å². The highest BCUT2D eigenvalue weighted by atomic mass is 16.4. The summed E-state index contributed by atoms with van der Waals surface area (Å²) in [6.45, 7) is 1.75. The summed E-state index contributed by atoms with van der Waals surface area (Å²) in [7, 11) is 0. The molecule has 0 heterocycles. The minimum absolute atomic E-state index is 0.159. The molecule has 0 amide bonds. The smallest absolute Gasteiger partial charge is 0.310 e. The molecule has 1 fully saturated rings. The van der Waals surface area contributed by atoms with Gasteiger partial charge >= 0.3 is 5.97 Å². The number of carbonyl (C=O) groups is 1. The number of hydrogen-bond donors (Lipinski definition) is 2. The van der Waals surface area contributed by atoms with Gasteiger partial charge in [-0.1, -0.05) is 12.8 Å². The molecule has 0 aromatic heterocycles. The third-order valence-electron chi connectivity index (χ3n) is 2.77. The van der Waals surface area contributed by atoms with E-state index in [1.807, 2.05) is 0 Å². The number of rotatable bonds is 1. The lowest BCUT2D eigenvalue weighted by molar-refractivity contribution is -0.150. The van der Waals surface area contributed by atoms with Crippen molar-refractivity contribution in [2.24, 2.45) is 11.1 Å². The molecule has 0 aromatic rings. The molecule has 3 N–H and O–H groups in total. The van der Waals surface area contributed by atoms with Gasteiger partial charge in [-0.15, -0.1) is 0 Å². The molecule has 1 unspecified atom stereocenters. The van der Waals surface area contributed by atoms with E-state index in [1.165, 1.54) is 0 Å². The predicted octanol–water partition coefficient (Wildman–Crippen LogP) is 0.979. The average Bonchev–Trinajstić information content (AvgIpc) is 1.95. The quantitative estimate of drug-likeness (QED) is 0.596. The van der Waals surface area contributed by atoms with Crippen LogP contribution in [-0.2, 0) is 4.79 Å². The lowest BCUT2D eigenvalue weighted by atomic mass is 9.72. The zero-order valence-electron chi connectivity index (χ0n) is 6.84. The molecule has 3 nitrogen and oxygen atoms in total. The first-order valence-electron chi connectivity index (χ1n) is 4.06. The number of hydrogen-bond acceptors (Lipinski definition) is 2. The Balaban J connectivity index is 2.72. The van der Waals surface area contributed by atoms with E-state index in [-0.39, 0.29) is 6.04 Å². The molecule has 3 heteroatoms. The van der Waals surface area contributed by atoms with Crippen LogP contribution < -0.4 is 5.73 Å². The van der Waals surface area contributed by atoms with Gasteiger partial charge in [0.05, 0.1) is 5.41 Å². The van der Waals surface area contributed by atoms with Gasteiger partial charge in [0, 0.05) is 6.04 Å². The molecule has 64 valence electrons. The van der Waals surface area contributed by atoms with Gasteiger partial charge < -0.3 is 10.8 Å². The lowest BCUT2D eigenvalue weighted by Gasteiger charge is -2.35. The van der Waals surface area contributed by atoms with E-state index in [2.05, 4.69) is 0 Å². The highest BCUT2D eigenvalue weighted by molar-refractivity contribution is 5.75.